The monoisotopic (exact) mass is 431 g/mol. The zero-order valence-corrected chi connectivity index (χ0v) is 19.5. The van der Waals surface area contributed by atoms with E-state index in [1.54, 1.807) is 11.9 Å². The number of hydrogen-bond donors (Lipinski definition) is 1. The van der Waals surface area contributed by atoms with E-state index in [-0.39, 0.29) is 6.10 Å². The largest absolute Gasteiger partial charge is 0.377 e. The molecule has 2 unspecified atom stereocenters. The van der Waals surface area contributed by atoms with E-state index in [9.17, 15) is 0 Å². The van der Waals surface area contributed by atoms with Crippen molar-refractivity contribution < 1.29 is 4.74 Å². The average Bonchev–Trinajstić information content (AvgIpc) is 2.96. The smallest absolute Gasteiger partial charge is 0.0699 e. The second-order valence-corrected chi connectivity index (χ2v) is 9.51. The molecule has 0 spiro atoms. The number of ether oxygens (including phenoxy) is 1. The molecule has 2 aliphatic rings. The summed E-state index contributed by atoms with van der Waals surface area (Å²) in [6.45, 7) is 8.86. The number of benzene rings is 2. The Morgan fingerprint density at radius 2 is 1.68 bits per heavy atom. The van der Waals surface area contributed by atoms with Gasteiger partial charge in [0, 0.05) is 23.5 Å². The Labute approximate surface area is 191 Å². The molecule has 1 heterocycles. The number of rotatable bonds is 6. The van der Waals surface area contributed by atoms with Gasteiger partial charge in [-0.3, -0.25) is 4.72 Å². The third-order valence-corrected chi connectivity index (χ3v) is 7.35. The normalized spacial score (nSPS) is 22.1. The summed E-state index contributed by atoms with van der Waals surface area (Å²) in [5.41, 5.74) is 6.90. The van der Waals surface area contributed by atoms with Gasteiger partial charge in [0.25, 0.3) is 0 Å². The minimum atomic E-state index is 0.187. The van der Waals surface area contributed by atoms with Crippen LogP contribution >= 0.6 is 11.9 Å². The van der Waals surface area contributed by atoms with Gasteiger partial charge in [-0.05, 0) is 79.8 Å². The van der Waals surface area contributed by atoms with Crippen LogP contribution in [0.1, 0.15) is 54.9 Å². The van der Waals surface area contributed by atoms with E-state index in [0.717, 1.165) is 37.9 Å². The van der Waals surface area contributed by atoms with Crippen molar-refractivity contribution in [3.8, 4) is 0 Å². The van der Waals surface area contributed by atoms with Crippen LogP contribution in [0, 0.1) is 0 Å². The maximum absolute atomic E-state index is 6.44. The molecule has 1 saturated heterocycles. The first-order chi connectivity index (χ1) is 15.2. The molecule has 1 aliphatic heterocycles. The zero-order valence-electron chi connectivity index (χ0n) is 18.6. The van der Waals surface area contributed by atoms with Gasteiger partial charge in [0.15, 0.2) is 0 Å². The summed E-state index contributed by atoms with van der Waals surface area (Å²) in [6, 6.07) is 18.4. The molecule has 0 aromatic heterocycles. The van der Waals surface area contributed by atoms with E-state index in [4.69, 9.17) is 4.74 Å². The third-order valence-electron chi connectivity index (χ3n) is 6.29. The van der Waals surface area contributed by atoms with Crippen LogP contribution < -0.4 is 4.72 Å². The Morgan fingerprint density at radius 1 is 1.03 bits per heavy atom. The second-order valence-electron chi connectivity index (χ2n) is 8.60. The molecule has 162 valence electrons. The van der Waals surface area contributed by atoms with Crippen LogP contribution in [-0.2, 0) is 17.6 Å². The number of allylic oxidation sites excluding steroid dienone is 4. The minimum Gasteiger partial charge on any atom is -0.377 e. The lowest BCUT2D eigenvalue weighted by Crippen LogP contribution is -2.39. The summed E-state index contributed by atoms with van der Waals surface area (Å²) in [7, 11) is 0. The topological polar surface area (TPSA) is 21.3 Å². The fourth-order valence-corrected chi connectivity index (χ4v) is 5.47. The van der Waals surface area contributed by atoms with Gasteiger partial charge in [-0.15, -0.1) is 0 Å². The van der Waals surface area contributed by atoms with Crippen molar-refractivity contribution in [2.45, 2.75) is 57.6 Å². The molecule has 3 heteroatoms. The van der Waals surface area contributed by atoms with Gasteiger partial charge in [-0.25, -0.2) is 0 Å². The fraction of sp³-hybridized carbons (Fsp3) is 0.357. The summed E-state index contributed by atoms with van der Waals surface area (Å²) in [6.07, 6.45) is 10.8. The Bertz CT molecular complexity index is 929. The maximum Gasteiger partial charge on any atom is 0.0699 e. The van der Waals surface area contributed by atoms with E-state index in [2.05, 4.69) is 85.0 Å². The maximum atomic E-state index is 6.44. The predicted molar refractivity (Wildman–Crippen MR) is 133 cm³/mol. The third kappa shape index (κ3) is 5.41. The number of aryl methyl sites for hydroxylation is 2. The molecule has 2 aromatic carbocycles. The van der Waals surface area contributed by atoms with Crippen molar-refractivity contribution >= 4 is 11.9 Å². The van der Waals surface area contributed by atoms with Crippen LogP contribution in [0.5, 0.6) is 0 Å². The van der Waals surface area contributed by atoms with E-state index < -0.39 is 0 Å². The van der Waals surface area contributed by atoms with Crippen molar-refractivity contribution in [1.29, 1.82) is 0 Å². The van der Waals surface area contributed by atoms with E-state index in [0.29, 0.717) is 12.0 Å². The van der Waals surface area contributed by atoms with Crippen molar-refractivity contribution in [3.05, 3.63) is 106 Å². The lowest BCUT2D eigenvalue weighted by atomic mass is 9.80. The van der Waals surface area contributed by atoms with Crippen molar-refractivity contribution in [2.75, 3.05) is 6.61 Å². The first-order valence-corrected chi connectivity index (χ1v) is 12.2. The Morgan fingerprint density at radius 3 is 2.29 bits per heavy atom. The average molecular weight is 432 g/mol. The Kier molecular flexibility index (Phi) is 7.49. The van der Waals surface area contributed by atoms with E-state index in [1.807, 2.05) is 6.92 Å². The van der Waals surface area contributed by atoms with Crippen LogP contribution in [-0.4, -0.2) is 18.8 Å². The molecule has 0 amide bonds. The van der Waals surface area contributed by atoms with Crippen molar-refractivity contribution in [2.24, 2.45) is 0 Å². The molecular weight excluding hydrogens is 398 g/mol. The highest BCUT2D eigenvalue weighted by atomic mass is 32.2. The molecule has 31 heavy (non-hydrogen) atoms. The summed E-state index contributed by atoms with van der Waals surface area (Å²) in [4.78, 5) is 1.22. The van der Waals surface area contributed by atoms with Crippen molar-refractivity contribution in [1.82, 2.24) is 4.72 Å². The molecule has 4 rings (SSSR count). The Balaban J connectivity index is 1.54. The summed E-state index contributed by atoms with van der Waals surface area (Å²) < 4.78 is 10.2. The number of hydrogen-bond acceptors (Lipinski definition) is 3. The highest BCUT2D eigenvalue weighted by Gasteiger charge is 2.34. The van der Waals surface area contributed by atoms with Gasteiger partial charge in [-0.2, -0.15) is 0 Å². The molecule has 0 bridgehead atoms. The molecule has 2 aromatic rings. The van der Waals surface area contributed by atoms with E-state index in [1.165, 1.54) is 27.2 Å². The van der Waals surface area contributed by atoms with Gasteiger partial charge >= 0.3 is 0 Å². The van der Waals surface area contributed by atoms with Crippen LogP contribution in [0.3, 0.4) is 0 Å². The van der Waals surface area contributed by atoms with Gasteiger partial charge in [0.2, 0.25) is 0 Å². The second kappa shape index (κ2) is 10.5. The zero-order chi connectivity index (χ0) is 21.6. The predicted octanol–water partition coefficient (Wildman–Crippen LogP) is 6.74. The minimum absolute atomic E-state index is 0.187. The van der Waals surface area contributed by atoms with Crippen LogP contribution in [0.15, 0.2) is 83.8 Å². The molecule has 0 radical (unpaired) electrons. The highest BCUT2D eigenvalue weighted by Crippen LogP contribution is 2.40. The quantitative estimate of drug-likeness (QED) is 0.404. The summed E-state index contributed by atoms with van der Waals surface area (Å²) in [5, 5.41) is 0. The highest BCUT2D eigenvalue weighted by molar-refractivity contribution is 8.01. The lowest BCUT2D eigenvalue weighted by molar-refractivity contribution is -0.00357. The van der Waals surface area contributed by atoms with Gasteiger partial charge < -0.3 is 4.74 Å². The summed E-state index contributed by atoms with van der Waals surface area (Å²) in [5.74, 6) is 0.300. The Hall–Kier alpha value is -2.07. The van der Waals surface area contributed by atoms with Crippen molar-refractivity contribution in [3.63, 3.8) is 0 Å². The van der Waals surface area contributed by atoms with Crippen LogP contribution in [0.4, 0.5) is 0 Å². The number of nitrogens with one attached hydrogen (secondary N) is 1. The molecular formula is C28H33NOS. The molecule has 1 N–H and O–H groups in total. The van der Waals surface area contributed by atoms with Crippen LogP contribution in [0.2, 0.25) is 0 Å². The molecule has 2 nitrogen and oxygen atoms in total. The SMILES string of the molecule is C=C(C)/C=C\C(=C/C)SNC1CCOC(C2c3ccccc3CCc3ccccc32)C1. The van der Waals surface area contributed by atoms with E-state index >= 15 is 0 Å². The summed E-state index contributed by atoms with van der Waals surface area (Å²) >= 11 is 1.72. The lowest BCUT2D eigenvalue weighted by Gasteiger charge is -2.36. The molecule has 1 fully saturated rings. The van der Waals surface area contributed by atoms with Gasteiger partial charge in [-0.1, -0.05) is 72.8 Å². The standard InChI is InChI=1S/C28H33NOS/c1-4-24(16-13-20(2)3)31-29-23-17-18-30-27(19-23)28-25-11-7-5-9-21(25)14-15-22-10-6-8-12-26(22)28/h4-13,16,23,27-29H,2,14-15,17-19H2,1,3H3/b16-13-,24-4+. The molecule has 2 atom stereocenters. The number of fused-ring (bicyclic) bond motifs is 2. The molecule has 1 aliphatic carbocycles. The van der Waals surface area contributed by atoms with Gasteiger partial charge in [0.1, 0.15) is 0 Å². The molecule has 0 saturated carbocycles. The first-order valence-electron chi connectivity index (χ1n) is 11.3. The van der Waals surface area contributed by atoms with Gasteiger partial charge in [0.05, 0.1) is 6.10 Å². The van der Waals surface area contributed by atoms with Crippen LogP contribution in [0.25, 0.3) is 0 Å². The fourth-order valence-electron chi connectivity index (χ4n) is 4.70. The first kappa shape index (κ1) is 22.1.